The summed E-state index contributed by atoms with van der Waals surface area (Å²) in [6, 6.07) is 14.4. The number of benzene rings is 1. The third-order valence-electron chi connectivity index (χ3n) is 4.18. The number of anilines is 1. The van der Waals surface area contributed by atoms with Crippen molar-refractivity contribution in [3.63, 3.8) is 0 Å². The second-order valence-electron chi connectivity index (χ2n) is 6.00. The molecule has 0 aliphatic heterocycles. The number of thiophene rings is 2. The van der Waals surface area contributed by atoms with Crippen LogP contribution in [-0.2, 0) is 11.2 Å². The first-order valence-electron chi connectivity index (χ1n) is 8.73. The number of carbonyl (C=O) groups is 1. The average molecular weight is 443 g/mol. The fourth-order valence-corrected chi connectivity index (χ4v) is 5.61. The molecule has 3 aromatic heterocycles. The number of thioether (sulfide) groups is 1. The van der Waals surface area contributed by atoms with Crippen LogP contribution in [0.5, 0.6) is 0 Å². The summed E-state index contributed by atoms with van der Waals surface area (Å²) in [5.41, 5.74) is 0.939. The minimum Gasteiger partial charge on any atom is -0.284 e. The maximum atomic E-state index is 13.0. The van der Waals surface area contributed by atoms with Gasteiger partial charge in [0.25, 0.3) is 5.91 Å². The van der Waals surface area contributed by atoms with Gasteiger partial charge >= 0.3 is 0 Å². The van der Waals surface area contributed by atoms with Crippen molar-refractivity contribution in [3.05, 3.63) is 69.1 Å². The van der Waals surface area contributed by atoms with E-state index in [0.29, 0.717) is 6.54 Å². The fourth-order valence-electron chi connectivity index (χ4n) is 2.74. The monoisotopic (exact) mass is 442 g/mol. The third-order valence-corrected chi connectivity index (χ3v) is 7.72. The minimum absolute atomic E-state index is 0.0332. The number of hydrogen-bond donors (Lipinski definition) is 0. The molecule has 0 saturated heterocycles. The van der Waals surface area contributed by atoms with Gasteiger partial charge in [-0.2, -0.15) is 0 Å². The van der Waals surface area contributed by atoms with Crippen molar-refractivity contribution in [2.24, 2.45) is 0 Å². The topological polar surface area (TPSA) is 33.2 Å². The molecule has 0 saturated carbocycles. The molecule has 3 nitrogen and oxygen atoms in total. The number of carbonyl (C=O) groups excluding carboxylic acids is 1. The molecule has 4 rings (SSSR count). The Kier molecular flexibility index (Phi) is 6.26. The summed E-state index contributed by atoms with van der Waals surface area (Å²) in [6.07, 6.45) is 6.42. The maximum Gasteiger partial charge on any atom is 0.252 e. The summed E-state index contributed by atoms with van der Waals surface area (Å²) in [7, 11) is 0. The van der Waals surface area contributed by atoms with E-state index in [1.807, 2.05) is 35.7 Å². The Bertz CT molecular complexity index is 1080. The standard InChI is InChI=1S/C21H18N2OS4/c1-25-17-6-8-18-19(14-17)28-21(22-18)23(11-10-16-5-3-13-27-16)20(24)9-7-15-4-2-12-26-15/h2-9,12-14H,10-11H2,1H3/b9-7+. The lowest BCUT2D eigenvalue weighted by Gasteiger charge is -2.17. The van der Waals surface area contributed by atoms with E-state index in [2.05, 4.69) is 29.8 Å². The number of hydrogen-bond acceptors (Lipinski definition) is 6. The van der Waals surface area contributed by atoms with Crippen LogP contribution in [0.15, 0.2) is 64.2 Å². The summed E-state index contributed by atoms with van der Waals surface area (Å²) >= 11 is 6.63. The van der Waals surface area contributed by atoms with Crippen molar-refractivity contribution >= 4 is 73.1 Å². The van der Waals surface area contributed by atoms with Gasteiger partial charge in [0, 0.05) is 27.3 Å². The summed E-state index contributed by atoms with van der Waals surface area (Å²) in [5, 5.41) is 4.83. The lowest BCUT2D eigenvalue weighted by atomic mass is 10.3. The molecule has 1 aromatic carbocycles. The number of fused-ring (bicyclic) bond motifs is 1. The summed E-state index contributed by atoms with van der Waals surface area (Å²) in [4.78, 5) is 23.1. The molecule has 3 heterocycles. The van der Waals surface area contributed by atoms with Gasteiger partial charge in [-0.05, 0) is 59.8 Å². The largest absolute Gasteiger partial charge is 0.284 e. The lowest BCUT2D eigenvalue weighted by Crippen LogP contribution is -2.31. The normalized spacial score (nSPS) is 11.5. The van der Waals surface area contributed by atoms with Crippen molar-refractivity contribution in [2.45, 2.75) is 11.3 Å². The van der Waals surface area contributed by atoms with Gasteiger partial charge in [-0.15, -0.1) is 34.4 Å². The van der Waals surface area contributed by atoms with E-state index >= 15 is 0 Å². The number of thiazole rings is 1. The van der Waals surface area contributed by atoms with E-state index in [0.717, 1.165) is 26.6 Å². The van der Waals surface area contributed by atoms with E-state index in [-0.39, 0.29) is 5.91 Å². The van der Waals surface area contributed by atoms with Gasteiger partial charge in [-0.1, -0.05) is 23.5 Å². The van der Waals surface area contributed by atoms with Crippen LogP contribution in [0.4, 0.5) is 5.13 Å². The lowest BCUT2D eigenvalue weighted by molar-refractivity contribution is -0.114. The predicted molar refractivity (Wildman–Crippen MR) is 125 cm³/mol. The zero-order valence-corrected chi connectivity index (χ0v) is 18.5. The Balaban J connectivity index is 1.62. The number of aromatic nitrogens is 1. The average Bonchev–Trinajstić information content (AvgIpc) is 3.47. The van der Waals surface area contributed by atoms with Crippen LogP contribution in [0.25, 0.3) is 16.3 Å². The van der Waals surface area contributed by atoms with Crippen LogP contribution in [0.3, 0.4) is 0 Å². The van der Waals surface area contributed by atoms with Gasteiger partial charge in [0.05, 0.1) is 10.2 Å². The van der Waals surface area contributed by atoms with Gasteiger partial charge in [0.1, 0.15) is 0 Å². The SMILES string of the molecule is CSc1ccc2nc(N(CCc3cccs3)C(=O)/C=C/c3cccs3)sc2c1. The highest BCUT2D eigenvalue weighted by atomic mass is 32.2. The molecule has 0 bridgehead atoms. The molecule has 4 aromatic rings. The van der Waals surface area contributed by atoms with Crippen LogP contribution in [-0.4, -0.2) is 23.7 Å². The Labute approximate surface area is 180 Å². The first-order chi connectivity index (χ1) is 13.7. The van der Waals surface area contributed by atoms with Crippen molar-refractivity contribution in [3.8, 4) is 0 Å². The number of amides is 1. The number of rotatable bonds is 7. The van der Waals surface area contributed by atoms with Crippen molar-refractivity contribution in [2.75, 3.05) is 17.7 Å². The Morgan fingerprint density at radius 1 is 1.18 bits per heavy atom. The molecule has 0 aliphatic carbocycles. The molecule has 0 spiro atoms. The summed E-state index contributed by atoms with van der Waals surface area (Å²) in [5.74, 6) is -0.0332. The highest BCUT2D eigenvalue weighted by Gasteiger charge is 2.18. The molecular formula is C21H18N2OS4. The van der Waals surface area contributed by atoms with Crippen LogP contribution in [0.2, 0.25) is 0 Å². The molecule has 0 atom stereocenters. The zero-order chi connectivity index (χ0) is 19.3. The van der Waals surface area contributed by atoms with Crippen LogP contribution < -0.4 is 4.90 Å². The summed E-state index contributed by atoms with van der Waals surface area (Å²) < 4.78 is 1.11. The smallest absolute Gasteiger partial charge is 0.252 e. The van der Waals surface area contributed by atoms with E-state index in [1.54, 1.807) is 56.7 Å². The highest BCUT2D eigenvalue weighted by molar-refractivity contribution is 7.98. The Morgan fingerprint density at radius 2 is 2.04 bits per heavy atom. The molecule has 0 fully saturated rings. The molecule has 0 unspecified atom stereocenters. The van der Waals surface area contributed by atoms with E-state index < -0.39 is 0 Å². The molecule has 28 heavy (non-hydrogen) atoms. The third kappa shape index (κ3) is 4.55. The quantitative estimate of drug-likeness (QED) is 0.244. The van der Waals surface area contributed by atoms with Gasteiger partial charge in [0.2, 0.25) is 0 Å². The molecule has 0 radical (unpaired) electrons. The first kappa shape index (κ1) is 19.4. The second-order valence-corrected chi connectivity index (χ2v) is 9.90. The predicted octanol–water partition coefficient (Wildman–Crippen LogP) is 6.43. The van der Waals surface area contributed by atoms with E-state index in [9.17, 15) is 4.79 Å². The van der Waals surface area contributed by atoms with Crippen LogP contribution in [0.1, 0.15) is 9.75 Å². The zero-order valence-electron chi connectivity index (χ0n) is 15.2. The molecule has 0 N–H and O–H groups in total. The van der Waals surface area contributed by atoms with Gasteiger partial charge in [-0.3, -0.25) is 9.69 Å². The van der Waals surface area contributed by atoms with E-state index in [1.165, 1.54) is 9.77 Å². The van der Waals surface area contributed by atoms with Crippen LogP contribution in [0, 0.1) is 0 Å². The molecular weight excluding hydrogens is 425 g/mol. The Morgan fingerprint density at radius 3 is 2.79 bits per heavy atom. The minimum atomic E-state index is -0.0332. The summed E-state index contributed by atoms with van der Waals surface area (Å²) in [6.45, 7) is 0.614. The highest BCUT2D eigenvalue weighted by Crippen LogP contribution is 2.32. The van der Waals surface area contributed by atoms with Gasteiger partial charge in [0.15, 0.2) is 5.13 Å². The molecule has 1 amide bonds. The van der Waals surface area contributed by atoms with E-state index in [4.69, 9.17) is 4.98 Å². The first-order valence-corrected chi connectivity index (χ1v) is 12.5. The second kappa shape index (κ2) is 9.05. The van der Waals surface area contributed by atoms with Crippen molar-refractivity contribution in [1.82, 2.24) is 4.98 Å². The van der Waals surface area contributed by atoms with Gasteiger partial charge < -0.3 is 0 Å². The van der Waals surface area contributed by atoms with Gasteiger partial charge in [-0.25, -0.2) is 4.98 Å². The van der Waals surface area contributed by atoms with Crippen LogP contribution >= 0.6 is 45.8 Å². The maximum absolute atomic E-state index is 13.0. The Hall–Kier alpha value is -1.93. The van der Waals surface area contributed by atoms with Crippen molar-refractivity contribution in [1.29, 1.82) is 0 Å². The molecule has 142 valence electrons. The van der Waals surface area contributed by atoms with Crippen molar-refractivity contribution < 1.29 is 4.79 Å². The molecule has 7 heteroatoms. The fraction of sp³-hybridized carbons (Fsp3) is 0.143. The number of nitrogens with zero attached hydrogens (tertiary/aromatic N) is 2. The molecule has 0 aliphatic rings.